The number of pyridine rings is 1. The van der Waals surface area contributed by atoms with Gasteiger partial charge in [0.25, 0.3) is 0 Å². The highest BCUT2D eigenvalue weighted by Gasteiger charge is 2.15. The minimum Gasteiger partial charge on any atom is -0.382 e. The van der Waals surface area contributed by atoms with Gasteiger partial charge in [0.05, 0.1) is 11.0 Å². The second-order valence-corrected chi connectivity index (χ2v) is 5.05. The SMILES string of the molecule is CCc1nc2c(N)nc3ccccc3c2n1CCCC=O. The molecule has 0 amide bonds. The van der Waals surface area contributed by atoms with E-state index < -0.39 is 0 Å². The number of anilines is 1. The summed E-state index contributed by atoms with van der Waals surface area (Å²) in [4.78, 5) is 19.6. The quantitative estimate of drug-likeness (QED) is 0.577. The number of nitrogens with zero attached hydrogens (tertiary/aromatic N) is 3. The number of unbranched alkanes of at least 4 members (excludes halogenated alkanes) is 1. The molecule has 0 aliphatic rings. The highest BCUT2D eigenvalue weighted by atomic mass is 16.1. The molecule has 0 saturated heterocycles. The number of fused-ring (bicyclic) bond motifs is 3. The van der Waals surface area contributed by atoms with Crippen LogP contribution in [-0.2, 0) is 17.8 Å². The van der Waals surface area contributed by atoms with E-state index in [2.05, 4.69) is 21.5 Å². The lowest BCUT2D eigenvalue weighted by Gasteiger charge is -2.09. The third kappa shape index (κ3) is 2.24. The average Bonchev–Trinajstić information content (AvgIpc) is 2.87. The van der Waals surface area contributed by atoms with Crippen molar-refractivity contribution in [3.8, 4) is 0 Å². The van der Waals surface area contributed by atoms with Gasteiger partial charge in [-0.15, -0.1) is 0 Å². The van der Waals surface area contributed by atoms with Crippen LogP contribution in [0.3, 0.4) is 0 Å². The molecule has 2 heterocycles. The molecule has 108 valence electrons. The molecule has 2 N–H and O–H groups in total. The van der Waals surface area contributed by atoms with Crippen LogP contribution in [0.25, 0.3) is 21.9 Å². The topological polar surface area (TPSA) is 73.8 Å². The Morgan fingerprint density at radius 1 is 1.29 bits per heavy atom. The fourth-order valence-corrected chi connectivity index (χ4v) is 2.75. The molecule has 1 aromatic carbocycles. The van der Waals surface area contributed by atoms with Crippen molar-refractivity contribution in [2.75, 3.05) is 5.73 Å². The number of nitrogen functional groups attached to an aromatic ring is 1. The van der Waals surface area contributed by atoms with E-state index in [1.807, 2.05) is 24.3 Å². The van der Waals surface area contributed by atoms with Gasteiger partial charge in [-0.2, -0.15) is 0 Å². The summed E-state index contributed by atoms with van der Waals surface area (Å²) in [5.74, 6) is 1.45. The van der Waals surface area contributed by atoms with Gasteiger partial charge in [-0.25, -0.2) is 9.97 Å². The van der Waals surface area contributed by atoms with Crippen LogP contribution in [0.2, 0.25) is 0 Å². The van der Waals surface area contributed by atoms with E-state index in [1.165, 1.54) is 0 Å². The van der Waals surface area contributed by atoms with Gasteiger partial charge in [-0.3, -0.25) is 0 Å². The first-order chi connectivity index (χ1) is 10.3. The summed E-state index contributed by atoms with van der Waals surface area (Å²) in [7, 11) is 0. The highest BCUT2D eigenvalue weighted by molar-refractivity contribution is 6.06. The first kappa shape index (κ1) is 13.5. The van der Waals surface area contributed by atoms with Gasteiger partial charge in [-0.05, 0) is 12.5 Å². The number of nitrogens with two attached hydrogens (primary N) is 1. The molecule has 0 radical (unpaired) electrons. The lowest BCUT2D eigenvalue weighted by atomic mass is 10.2. The Kier molecular flexibility index (Phi) is 3.56. The fourth-order valence-electron chi connectivity index (χ4n) is 2.75. The molecule has 0 atom stereocenters. The average molecular weight is 282 g/mol. The van der Waals surface area contributed by atoms with Gasteiger partial charge in [0.15, 0.2) is 5.82 Å². The van der Waals surface area contributed by atoms with Gasteiger partial charge >= 0.3 is 0 Å². The molecule has 21 heavy (non-hydrogen) atoms. The second-order valence-electron chi connectivity index (χ2n) is 5.05. The molecular weight excluding hydrogens is 264 g/mol. The molecule has 0 unspecified atom stereocenters. The molecule has 3 aromatic rings. The Morgan fingerprint density at radius 2 is 2.10 bits per heavy atom. The third-order valence-electron chi connectivity index (χ3n) is 3.71. The van der Waals surface area contributed by atoms with Crippen molar-refractivity contribution in [2.24, 2.45) is 0 Å². The number of imidazole rings is 1. The van der Waals surface area contributed by atoms with Crippen LogP contribution in [0.4, 0.5) is 5.82 Å². The highest BCUT2D eigenvalue weighted by Crippen LogP contribution is 2.29. The van der Waals surface area contributed by atoms with Crippen LogP contribution in [0.1, 0.15) is 25.6 Å². The maximum Gasteiger partial charge on any atom is 0.152 e. The number of hydrogen-bond acceptors (Lipinski definition) is 4. The second kappa shape index (κ2) is 5.52. The van der Waals surface area contributed by atoms with Crippen molar-refractivity contribution in [3.63, 3.8) is 0 Å². The number of carbonyl (C=O) groups is 1. The summed E-state index contributed by atoms with van der Waals surface area (Å²) < 4.78 is 2.18. The molecule has 0 saturated carbocycles. The van der Waals surface area contributed by atoms with Crippen LogP contribution in [-0.4, -0.2) is 20.8 Å². The number of aromatic nitrogens is 3. The van der Waals surface area contributed by atoms with E-state index in [1.54, 1.807) is 0 Å². The van der Waals surface area contributed by atoms with Gasteiger partial charge < -0.3 is 15.1 Å². The summed E-state index contributed by atoms with van der Waals surface area (Å²) in [5, 5.41) is 1.06. The lowest BCUT2D eigenvalue weighted by molar-refractivity contribution is -0.107. The maximum absolute atomic E-state index is 10.6. The van der Waals surface area contributed by atoms with Gasteiger partial charge in [0.2, 0.25) is 0 Å². The van der Waals surface area contributed by atoms with E-state index in [0.29, 0.717) is 12.2 Å². The van der Waals surface area contributed by atoms with Crippen molar-refractivity contribution in [1.82, 2.24) is 14.5 Å². The van der Waals surface area contributed by atoms with E-state index in [9.17, 15) is 4.79 Å². The van der Waals surface area contributed by atoms with Crippen LogP contribution in [0.15, 0.2) is 24.3 Å². The number of para-hydroxylation sites is 1. The number of aryl methyl sites for hydroxylation is 2. The molecule has 0 fully saturated rings. The Labute approximate surface area is 122 Å². The molecular formula is C16H18N4O. The normalized spacial score (nSPS) is 11.3. The van der Waals surface area contributed by atoms with E-state index in [4.69, 9.17) is 5.73 Å². The number of hydrogen-bond donors (Lipinski definition) is 1. The minimum atomic E-state index is 0.465. The first-order valence-corrected chi connectivity index (χ1v) is 7.23. The smallest absolute Gasteiger partial charge is 0.152 e. The first-order valence-electron chi connectivity index (χ1n) is 7.23. The molecule has 5 nitrogen and oxygen atoms in total. The lowest BCUT2D eigenvalue weighted by Crippen LogP contribution is -2.04. The Balaban J connectivity index is 2.29. The summed E-state index contributed by atoms with van der Waals surface area (Å²) in [6, 6.07) is 7.95. The molecule has 0 aliphatic heterocycles. The monoisotopic (exact) mass is 282 g/mol. The molecule has 0 aliphatic carbocycles. The zero-order valence-electron chi connectivity index (χ0n) is 12.0. The van der Waals surface area contributed by atoms with Crippen LogP contribution in [0.5, 0.6) is 0 Å². The minimum absolute atomic E-state index is 0.465. The van der Waals surface area contributed by atoms with E-state index >= 15 is 0 Å². The van der Waals surface area contributed by atoms with Gasteiger partial charge in [0, 0.05) is 24.8 Å². The van der Waals surface area contributed by atoms with Crippen molar-refractivity contribution >= 4 is 34.0 Å². The van der Waals surface area contributed by atoms with E-state index in [0.717, 1.165) is 53.4 Å². The van der Waals surface area contributed by atoms with Crippen LogP contribution < -0.4 is 5.73 Å². The zero-order chi connectivity index (χ0) is 14.8. The molecule has 3 rings (SSSR count). The Hall–Kier alpha value is -2.43. The Bertz CT molecular complexity index is 807. The van der Waals surface area contributed by atoms with Gasteiger partial charge in [0.1, 0.15) is 17.6 Å². The predicted octanol–water partition coefficient (Wildman–Crippen LogP) is 2.71. The van der Waals surface area contributed by atoms with Crippen molar-refractivity contribution in [3.05, 3.63) is 30.1 Å². The molecule has 2 aromatic heterocycles. The van der Waals surface area contributed by atoms with Crippen LogP contribution >= 0.6 is 0 Å². The largest absolute Gasteiger partial charge is 0.382 e. The van der Waals surface area contributed by atoms with Crippen molar-refractivity contribution in [2.45, 2.75) is 32.7 Å². The fraction of sp³-hybridized carbons (Fsp3) is 0.312. The van der Waals surface area contributed by atoms with Crippen LogP contribution in [0, 0.1) is 0 Å². The van der Waals surface area contributed by atoms with Crippen molar-refractivity contribution < 1.29 is 4.79 Å². The summed E-state index contributed by atoms with van der Waals surface area (Å²) in [6.45, 7) is 2.84. The summed E-state index contributed by atoms with van der Waals surface area (Å²) in [5.41, 5.74) is 8.74. The molecule has 0 bridgehead atoms. The number of aldehydes is 1. The predicted molar refractivity (Wildman–Crippen MR) is 84.1 cm³/mol. The standard InChI is InChI=1S/C16H18N4O/c1-2-13-19-14-15(20(13)9-5-6-10-21)11-7-3-4-8-12(11)18-16(14)17/h3-4,7-8,10H,2,5-6,9H2,1H3,(H2,17,18). The number of rotatable bonds is 5. The number of carbonyl (C=O) groups excluding carboxylic acids is 1. The zero-order valence-corrected chi connectivity index (χ0v) is 12.0. The molecule has 5 heteroatoms. The maximum atomic E-state index is 10.6. The third-order valence-corrected chi connectivity index (χ3v) is 3.71. The Morgan fingerprint density at radius 3 is 2.86 bits per heavy atom. The molecule has 0 spiro atoms. The summed E-state index contributed by atoms with van der Waals surface area (Å²) in [6.07, 6.45) is 3.14. The number of benzene rings is 1. The van der Waals surface area contributed by atoms with E-state index in [-0.39, 0.29) is 0 Å². The van der Waals surface area contributed by atoms with Crippen molar-refractivity contribution in [1.29, 1.82) is 0 Å². The summed E-state index contributed by atoms with van der Waals surface area (Å²) >= 11 is 0. The van der Waals surface area contributed by atoms with Gasteiger partial charge in [-0.1, -0.05) is 25.1 Å².